The van der Waals surface area contributed by atoms with E-state index in [2.05, 4.69) is 18.0 Å². The molecule has 2 N–H and O–H groups in total. The zero-order chi connectivity index (χ0) is 10.8. The number of fused-ring (bicyclic) bond motifs is 1. The van der Waals surface area contributed by atoms with Crippen LogP contribution in [0.4, 0.5) is 0 Å². The van der Waals surface area contributed by atoms with Gasteiger partial charge in [0.05, 0.1) is 10.5 Å². The predicted molar refractivity (Wildman–Crippen MR) is 64.2 cm³/mol. The van der Waals surface area contributed by atoms with Crippen molar-refractivity contribution in [3.05, 3.63) is 40.5 Å². The third kappa shape index (κ3) is 1.96. The van der Waals surface area contributed by atoms with Gasteiger partial charge in [-0.25, -0.2) is 0 Å². The normalized spacial score (nSPS) is 10.9. The van der Waals surface area contributed by atoms with Crippen molar-refractivity contribution in [2.75, 3.05) is 6.54 Å². The molecule has 2 aromatic rings. The highest BCUT2D eigenvalue weighted by Crippen LogP contribution is 2.23. The summed E-state index contributed by atoms with van der Waals surface area (Å²) in [5.74, 6) is 0. The summed E-state index contributed by atoms with van der Waals surface area (Å²) in [6, 6.07) is 7.93. The third-order valence-corrected chi connectivity index (χ3v) is 2.78. The molecule has 0 aliphatic heterocycles. The van der Waals surface area contributed by atoms with E-state index in [-0.39, 0.29) is 0 Å². The predicted octanol–water partition coefficient (Wildman–Crippen LogP) is 2.70. The Bertz CT molecular complexity index is 494. The van der Waals surface area contributed by atoms with E-state index in [9.17, 15) is 0 Å². The Kier molecular flexibility index (Phi) is 2.89. The molecule has 1 heterocycles. The Morgan fingerprint density at radius 3 is 2.93 bits per heavy atom. The van der Waals surface area contributed by atoms with Crippen LogP contribution in [-0.2, 0) is 6.42 Å². The van der Waals surface area contributed by atoms with Gasteiger partial charge in [-0.15, -0.1) is 0 Å². The number of nitrogens with two attached hydrogens (primary N) is 1. The first kappa shape index (κ1) is 10.4. The molecule has 1 aromatic carbocycles. The molecular formula is C12H13ClN2. The van der Waals surface area contributed by atoms with Crippen LogP contribution in [0.5, 0.6) is 0 Å². The van der Waals surface area contributed by atoms with Crippen molar-refractivity contribution >= 4 is 22.5 Å². The van der Waals surface area contributed by atoms with Crippen LogP contribution < -0.4 is 5.73 Å². The minimum absolute atomic E-state index is 0.615. The van der Waals surface area contributed by atoms with E-state index < -0.39 is 0 Å². The van der Waals surface area contributed by atoms with Crippen LogP contribution in [0.3, 0.4) is 0 Å². The number of rotatable bonds is 2. The van der Waals surface area contributed by atoms with Crippen LogP contribution in [-0.4, -0.2) is 11.5 Å². The first-order valence-electron chi connectivity index (χ1n) is 4.97. The summed E-state index contributed by atoms with van der Waals surface area (Å²) in [6.07, 6.45) is 0.799. The largest absolute Gasteiger partial charge is 0.330 e. The van der Waals surface area contributed by atoms with Gasteiger partial charge in [0.15, 0.2) is 0 Å². The molecule has 0 saturated carbocycles. The number of para-hydroxylation sites is 1. The van der Waals surface area contributed by atoms with Crippen LogP contribution >= 0.6 is 11.6 Å². The maximum atomic E-state index is 6.09. The van der Waals surface area contributed by atoms with E-state index in [1.165, 1.54) is 5.56 Å². The van der Waals surface area contributed by atoms with Crippen LogP contribution in [0.1, 0.15) is 11.3 Å². The second-order valence-electron chi connectivity index (χ2n) is 3.60. The van der Waals surface area contributed by atoms with Crippen LogP contribution in [0.2, 0.25) is 5.02 Å². The van der Waals surface area contributed by atoms with Gasteiger partial charge in [0.25, 0.3) is 0 Å². The molecule has 0 spiro atoms. The Labute approximate surface area is 94.1 Å². The Morgan fingerprint density at radius 1 is 1.40 bits per heavy atom. The molecule has 0 radical (unpaired) electrons. The van der Waals surface area contributed by atoms with Crippen molar-refractivity contribution in [1.82, 2.24) is 4.98 Å². The van der Waals surface area contributed by atoms with Gasteiger partial charge < -0.3 is 5.73 Å². The van der Waals surface area contributed by atoms with Gasteiger partial charge in [0, 0.05) is 17.5 Å². The van der Waals surface area contributed by atoms with Gasteiger partial charge in [-0.2, -0.15) is 0 Å². The van der Waals surface area contributed by atoms with Gasteiger partial charge in [0.2, 0.25) is 0 Å². The maximum absolute atomic E-state index is 6.09. The van der Waals surface area contributed by atoms with Crippen molar-refractivity contribution in [3.8, 4) is 0 Å². The van der Waals surface area contributed by atoms with Crippen LogP contribution in [0.25, 0.3) is 10.9 Å². The molecule has 2 rings (SSSR count). The first-order chi connectivity index (χ1) is 7.22. The topological polar surface area (TPSA) is 38.9 Å². The molecule has 0 atom stereocenters. The quantitative estimate of drug-likeness (QED) is 0.845. The van der Waals surface area contributed by atoms with Gasteiger partial charge in [-0.3, -0.25) is 4.98 Å². The number of nitrogens with zero attached hydrogens (tertiary/aromatic N) is 1. The van der Waals surface area contributed by atoms with Gasteiger partial charge in [0.1, 0.15) is 0 Å². The molecule has 0 amide bonds. The molecule has 2 nitrogen and oxygen atoms in total. The summed E-state index contributed by atoms with van der Waals surface area (Å²) < 4.78 is 0. The molecule has 0 unspecified atom stereocenters. The fourth-order valence-electron chi connectivity index (χ4n) is 1.70. The van der Waals surface area contributed by atoms with Gasteiger partial charge in [-0.1, -0.05) is 23.7 Å². The van der Waals surface area contributed by atoms with Crippen LogP contribution in [0, 0.1) is 6.92 Å². The zero-order valence-corrected chi connectivity index (χ0v) is 9.38. The fraction of sp³-hybridized carbons (Fsp3) is 0.250. The second-order valence-corrected chi connectivity index (χ2v) is 4.01. The molecule has 78 valence electrons. The maximum Gasteiger partial charge on any atom is 0.0891 e. The lowest BCUT2D eigenvalue weighted by Crippen LogP contribution is -2.06. The highest BCUT2D eigenvalue weighted by molar-refractivity contribution is 6.35. The molecule has 1 aromatic heterocycles. The molecular weight excluding hydrogens is 208 g/mol. The monoisotopic (exact) mass is 220 g/mol. The minimum atomic E-state index is 0.615. The highest BCUT2D eigenvalue weighted by atomic mass is 35.5. The third-order valence-electron chi connectivity index (χ3n) is 2.47. The van der Waals surface area contributed by atoms with E-state index in [1.54, 1.807) is 0 Å². The lowest BCUT2D eigenvalue weighted by Gasteiger charge is -2.07. The second kappa shape index (κ2) is 4.17. The number of aryl methyl sites for hydroxylation is 1. The molecule has 0 aliphatic carbocycles. The average molecular weight is 221 g/mol. The lowest BCUT2D eigenvalue weighted by molar-refractivity contribution is 0.919. The summed E-state index contributed by atoms with van der Waals surface area (Å²) in [5, 5.41) is 1.78. The summed E-state index contributed by atoms with van der Waals surface area (Å²) >= 11 is 6.09. The Hall–Kier alpha value is -1.12. The van der Waals surface area contributed by atoms with Gasteiger partial charge in [-0.05, 0) is 31.2 Å². The van der Waals surface area contributed by atoms with Crippen LogP contribution in [0.15, 0.2) is 24.3 Å². The minimum Gasteiger partial charge on any atom is -0.330 e. The molecule has 0 saturated heterocycles. The smallest absolute Gasteiger partial charge is 0.0891 e. The molecule has 0 fully saturated rings. The molecule has 3 heteroatoms. The molecule has 0 aliphatic rings. The van der Waals surface area contributed by atoms with E-state index in [0.29, 0.717) is 11.6 Å². The first-order valence-corrected chi connectivity index (χ1v) is 5.35. The highest BCUT2D eigenvalue weighted by Gasteiger charge is 2.05. The van der Waals surface area contributed by atoms with E-state index in [1.807, 2.05) is 18.2 Å². The van der Waals surface area contributed by atoms with Gasteiger partial charge >= 0.3 is 0 Å². The summed E-state index contributed by atoms with van der Waals surface area (Å²) in [7, 11) is 0. The van der Waals surface area contributed by atoms with E-state index in [0.717, 1.165) is 23.0 Å². The summed E-state index contributed by atoms with van der Waals surface area (Å²) in [5.41, 5.74) is 8.62. The fourth-order valence-corrected chi connectivity index (χ4v) is 1.92. The van der Waals surface area contributed by atoms with E-state index >= 15 is 0 Å². The van der Waals surface area contributed by atoms with Crippen molar-refractivity contribution in [2.24, 2.45) is 5.73 Å². The number of hydrogen-bond donors (Lipinski definition) is 1. The summed E-state index contributed by atoms with van der Waals surface area (Å²) in [6.45, 7) is 2.67. The number of benzene rings is 1. The van der Waals surface area contributed by atoms with Crippen molar-refractivity contribution in [3.63, 3.8) is 0 Å². The van der Waals surface area contributed by atoms with Crippen molar-refractivity contribution in [2.45, 2.75) is 13.3 Å². The Balaban J connectivity index is 2.66. The summed E-state index contributed by atoms with van der Waals surface area (Å²) in [4.78, 5) is 4.55. The standard InChI is InChI=1S/C12H13ClN2/c1-8-7-9-3-2-4-10(13)12(9)15-11(8)5-6-14/h2-4,7H,5-6,14H2,1H3. The van der Waals surface area contributed by atoms with E-state index in [4.69, 9.17) is 17.3 Å². The number of halogens is 1. The SMILES string of the molecule is Cc1cc2cccc(Cl)c2nc1CCN. The number of aromatic nitrogens is 1. The Morgan fingerprint density at radius 2 is 2.20 bits per heavy atom. The lowest BCUT2D eigenvalue weighted by atomic mass is 10.1. The number of pyridine rings is 1. The van der Waals surface area contributed by atoms with Crippen molar-refractivity contribution in [1.29, 1.82) is 0 Å². The van der Waals surface area contributed by atoms with Crippen molar-refractivity contribution < 1.29 is 0 Å². The average Bonchev–Trinajstić information content (AvgIpc) is 2.21. The molecule has 0 bridgehead atoms. The molecule has 15 heavy (non-hydrogen) atoms. The zero-order valence-electron chi connectivity index (χ0n) is 8.63. The number of hydrogen-bond acceptors (Lipinski definition) is 2.